The predicted octanol–water partition coefficient (Wildman–Crippen LogP) is 3.77. The fraction of sp³-hybridized carbons (Fsp3) is 0.550. The lowest BCUT2D eigenvalue weighted by atomic mass is 9.98. The van der Waals surface area contributed by atoms with Gasteiger partial charge in [-0.15, -0.1) is 0 Å². The number of carbonyl (C=O) groups is 3. The molecular weight excluding hydrogens is 354 g/mol. The van der Waals surface area contributed by atoms with E-state index in [2.05, 4.69) is 0 Å². The van der Waals surface area contributed by atoms with Crippen molar-refractivity contribution in [2.75, 3.05) is 13.2 Å². The van der Waals surface area contributed by atoms with Crippen molar-refractivity contribution in [3.05, 3.63) is 34.9 Å². The molecule has 6 heteroatoms. The third-order valence-corrected chi connectivity index (χ3v) is 4.76. The zero-order chi connectivity index (χ0) is 18.9. The number of nitrogens with zero attached hydrogens (tertiary/aromatic N) is 1. The molecule has 1 fully saturated rings. The minimum atomic E-state index is -0.287. The molecule has 26 heavy (non-hydrogen) atoms. The Bertz CT molecular complexity index is 646. The molecule has 1 heterocycles. The Kier molecular flexibility index (Phi) is 8.10. The molecule has 0 radical (unpaired) electrons. The highest BCUT2D eigenvalue weighted by Crippen LogP contribution is 2.25. The van der Waals surface area contributed by atoms with Crippen LogP contribution in [0.15, 0.2) is 24.3 Å². The molecule has 0 bridgehead atoms. The fourth-order valence-electron chi connectivity index (χ4n) is 3.22. The molecule has 1 aromatic rings. The second kappa shape index (κ2) is 10.3. The van der Waals surface area contributed by atoms with Crippen LogP contribution in [0.4, 0.5) is 0 Å². The number of unbranched alkanes of at least 4 members (excludes halogenated alkanes) is 3. The topological polar surface area (TPSA) is 63.7 Å². The van der Waals surface area contributed by atoms with Crippen molar-refractivity contribution in [1.82, 2.24) is 4.90 Å². The molecule has 142 valence electrons. The average molecular weight is 380 g/mol. The molecule has 0 N–H and O–H groups in total. The molecular formula is C20H26ClNO4. The maximum atomic E-state index is 12.5. The maximum absolute atomic E-state index is 12.5. The summed E-state index contributed by atoms with van der Waals surface area (Å²) in [7, 11) is 0. The van der Waals surface area contributed by atoms with Crippen LogP contribution < -0.4 is 0 Å². The van der Waals surface area contributed by atoms with E-state index < -0.39 is 0 Å². The number of esters is 1. The summed E-state index contributed by atoms with van der Waals surface area (Å²) in [6.07, 6.45) is 4.56. The first-order valence-electron chi connectivity index (χ1n) is 9.25. The summed E-state index contributed by atoms with van der Waals surface area (Å²) >= 11 is 5.98. The van der Waals surface area contributed by atoms with Crippen LogP contribution in [0.1, 0.15) is 51.0 Å². The monoisotopic (exact) mass is 379 g/mol. The van der Waals surface area contributed by atoms with Gasteiger partial charge in [-0.3, -0.25) is 19.3 Å². The second-order valence-corrected chi connectivity index (χ2v) is 7.02. The fourth-order valence-corrected chi connectivity index (χ4v) is 3.43. The smallest absolute Gasteiger partial charge is 0.305 e. The van der Waals surface area contributed by atoms with Gasteiger partial charge in [-0.1, -0.05) is 36.6 Å². The Morgan fingerprint density at radius 3 is 2.73 bits per heavy atom. The Morgan fingerprint density at radius 1 is 1.23 bits per heavy atom. The van der Waals surface area contributed by atoms with Gasteiger partial charge < -0.3 is 4.74 Å². The van der Waals surface area contributed by atoms with Crippen LogP contribution in [0.5, 0.6) is 0 Å². The molecule has 0 aromatic heterocycles. The molecule has 0 spiro atoms. The number of amides is 2. The van der Waals surface area contributed by atoms with Crippen LogP contribution >= 0.6 is 11.6 Å². The van der Waals surface area contributed by atoms with Crippen molar-refractivity contribution < 1.29 is 19.1 Å². The van der Waals surface area contributed by atoms with Gasteiger partial charge in [-0.2, -0.15) is 0 Å². The van der Waals surface area contributed by atoms with Crippen LogP contribution in [0, 0.1) is 5.92 Å². The Morgan fingerprint density at radius 2 is 2.00 bits per heavy atom. The molecule has 0 saturated carbocycles. The van der Waals surface area contributed by atoms with E-state index in [-0.39, 0.29) is 30.1 Å². The average Bonchev–Trinajstić information content (AvgIpc) is 2.85. The number of ether oxygens (including phenoxy) is 1. The van der Waals surface area contributed by atoms with Crippen LogP contribution in [0.25, 0.3) is 0 Å². The molecule has 2 amide bonds. The van der Waals surface area contributed by atoms with E-state index in [1.165, 1.54) is 4.90 Å². The maximum Gasteiger partial charge on any atom is 0.305 e. The summed E-state index contributed by atoms with van der Waals surface area (Å²) in [6.45, 7) is 2.67. The summed E-state index contributed by atoms with van der Waals surface area (Å²) in [5.74, 6) is -0.624. The molecule has 1 aliphatic heterocycles. The first-order valence-corrected chi connectivity index (χ1v) is 9.63. The number of rotatable bonds is 10. The molecule has 0 aliphatic carbocycles. The van der Waals surface area contributed by atoms with E-state index in [0.717, 1.165) is 31.2 Å². The number of hydrogen-bond donors (Lipinski definition) is 0. The number of imide groups is 1. The third kappa shape index (κ3) is 6.13. The number of likely N-dealkylation sites (tertiary alicyclic amines) is 1. The van der Waals surface area contributed by atoms with E-state index in [1.54, 1.807) is 13.0 Å². The van der Waals surface area contributed by atoms with Crippen molar-refractivity contribution in [2.24, 2.45) is 5.92 Å². The highest BCUT2D eigenvalue weighted by molar-refractivity contribution is 6.30. The predicted molar refractivity (Wildman–Crippen MR) is 99.7 cm³/mol. The summed E-state index contributed by atoms with van der Waals surface area (Å²) in [6, 6.07) is 7.41. The van der Waals surface area contributed by atoms with Crippen LogP contribution in [-0.4, -0.2) is 35.8 Å². The molecule has 1 atom stereocenters. The van der Waals surface area contributed by atoms with Gasteiger partial charge in [0, 0.05) is 24.4 Å². The van der Waals surface area contributed by atoms with Gasteiger partial charge in [0.2, 0.25) is 11.8 Å². The molecule has 1 aliphatic rings. The highest BCUT2D eigenvalue weighted by atomic mass is 35.5. The molecule has 1 saturated heterocycles. The van der Waals surface area contributed by atoms with E-state index in [4.69, 9.17) is 16.3 Å². The second-order valence-electron chi connectivity index (χ2n) is 6.59. The van der Waals surface area contributed by atoms with Crippen molar-refractivity contribution in [2.45, 2.75) is 51.9 Å². The Labute approximate surface area is 159 Å². The van der Waals surface area contributed by atoms with Crippen LogP contribution in [-0.2, 0) is 25.5 Å². The SMILES string of the molecule is CCOC(=O)CCCCCCN1C(=O)CC(Cc2cccc(Cl)c2)C1=O. The van der Waals surface area contributed by atoms with E-state index in [0.29, 0.717) is 31.0 Å². The van der Waals surface area contributed by atoms with Gasteiger partial charge in [0.1, 0.15) is 0 Å². The van der Waals surface area contributed by atoms with E-state index in [9.17, 15) is 14.4 Å². The lowest BCUT2D eigenvalue weighted by molar-refractivity contribution is -0.143. The molecule has 5 nitrogen and oxygen atoms in total. The molecule has 1 aromatic carbocycles. The minimum absolute atomic E-state index is 0.0819. The first kappa shape index (κ1) is 20.4. The summed E-state index contributed by atoms with van der Waals surface area (Å²) < 4.78 is 4.88. The van der Waals surface area contributed by atoms with Gasteiger partial charge >= 0.3 is 5.97 Å². The number of halogens is 1. The lowest BCUT2D eigenvalue weighted by Crippen LogP contribution is -2.32. The standard InChI is InChI=1S/C20H26ClNO4/c1-2-26-19(24)10-5-3-4-6-11-22-18(23)14-16(20(22)25)12-15-8-7-9-17(21)13-15/h7-9,13,16H,2-6,10-12,14H2,1H3. The van der Waals surface area contributed by atoms with Gasteiger partial charge in [0.05, 0.1) is 12.5 Å². The molecule has 2 rings (SSSR count). The van der Waals surface area contributed by atoms with Gasteiger partial charge in [-0.25, -0.2) is 0 Å². The number of hydrogen-bond acceptors (Lipinski definition) is 4. The van der Waals surface area contributed by atoms with Gasteiger partial charge in [-0.05, 0) is 43.9 Å². The first-order chi connectivity index (χ1) is 12.5. The quantitative estimate of drug-likeness (QED) is 0.352. The largest absolute Gasteiger partial charge is 0.466 e. The Balaban J connectivity index is 1.71. The number of benzene rings is 1. The summed E-state index contributed by atoms with van der Waals surface area (Å²) in [5.41, 5.74) is 0.976. The van der Waals surface area contributed by atoms with Crippen LogP contribution in [0.3, 0.4) is 0 Å². The lowest BCUT2D eigenvalue weighted by Gasteiger charge is -2.15. The zero-order valence-electron chi connectivity index (χ0n) is 15.2. The third-order valence-electron chi connectivity index (χ3n) is 4.53. The van der Waals surface area contributed by atoms with Crippen molar-refractivity contribution in [3.8, 4) is 0 Å². The summed E-state index contributed by atoms with van der Waals surface area (Å²) in [4.78, 5) is 37.3. The number of carbonyl (C=O) groups excluding carboxylic acids is 3. The highest BCUT2D eigenvalue weighted by Gasteiger charge is 2.37. The van der Waals surface area contributed by atoms with Crippen LogP contribution in [0.2, 0.25) is 5.02 Å². The molecule has 1 unspecified atom stereocenters. The van der Waals surface area contributed by atoms with Gasteiger partial charge in [0.15, 0.2) is 0 Å². The Hall–Kier alpha value is -1.88. The van der Waals surface area contributed by atoms with E-state index in [1.807, 2.05) is 18.2 Å². The minimum Gasteiger partial charge on any atom is -0.466 e. The van der Waals surface area contributed by atoms with Crippen molar-refractivity contribution in [1.29, 1.82) is 0 Å². The van der Waals surface area contributed by atoms with Crippen molar-refractivity contribution >= 4 is 29.4 Å². The van der Waals surface area contributed by atoms with Crippen molar-refractivity contribution in [3.63, 3.8) is 0 Å². The zero-order valence-corrected chi connectivity index (χ0v) is 16.0. The van der Waals surface area contributed by atoms with E-state index >= 15 is 0 Å². The summed E-state index contributed by atoms with van der Waals surface area (Å²) in [5, 5.41) is 0.638. The normalized spacial score (nSPS) is 17.0. The van der Waals surface area contributed by atoms with Gasteiger partial charge in [0.25, 0.3) is 0 Å².